The molecule has 0 bridgehead atoms. The minimum absolute atomic E-state index is 0.172. The Morgan fingerprint density at radius 1 is 1.11 bits per heavy atom. The molecule has 1 unspecified atom stereocenters. The maximum absolute atomic E-state index is 6.28. The smallest absolute Gasteiger partial charge is 0.0306 e. The maximum Gasteiger partial charge on any atom is 0.0306 e. The molecule has 1 aromatic carbocycles. The van der Waals surface area contributed by atoms with Crippen LogP contribution < -0.4 is 5.73 Å². The van der Waals surface area contributed by atoms with Gasteiger partial charge in [-0.1, -0.05) is 79.6 Å². The lowest BCUT2D eigenvalue weighted by atomic mass is 9.99. The van der Waals surface area contributed by atoms with Gasteiger partial charge in [-0.25, -0.2) is 0 Å². The van der Waals surface area contributed by atoms with Gasteiger partial charge in [-0.05, 0) is 24.5 Å². The van der Waals surface area contributed by atoms with Gasteiger partial charge in [0.2, 0.25) is 0 Å². The van der Waals surface area contributed by atoms with Crippen molar-refractivity contribution in [3.05, 3.63) is 33.8 Å². The summed E-state index contributed by atoms with van der Waals surface area (Å²) in [5.41, 5.74) is 8.80. The van der Waals surface area contributed by atoms with Crippen molar-refractivity contribution in [2.75, 3.05) is 0 Å². The van der Waals surface area contributed by atoms with Crippen molar-refractivity contribution >= 4 is 15.9 Å². The van der Waals surface area contributed by atoms with Crippen LogP contribution in [-0.2, 0) is 0 Å². The molecule has 0 saturated carbocycles. The summed E-state index contributed by atoms with van der Waals surface area (Å²) in [6.07, 6.45) is 9.07. The molecule has 2 heteroatoms. The van der Waals surface area contributed by atoms with E-state index in [0.717, 1.165) is 6.42 Å². The summed E-state index contributed by atoms with van der Waals surface area (Å²) >= 11 is 3.64. The molecule has 0 heterocycles. The summed E-state index contributed by atoms with van der Waals surface area (Å²) in [6.45, 7) is 4.37. The van der Waals surface area contributed by atoms with E-state index in [-0.39, 0.29) is 6.04 Å². The first kappa shape index (κ1) is 15.7. The molecule has 1 nitrogen and oxygen atoms in total. The average molecular weight is 312 g/mol. The number of halogens is 1. The van der Waals surface area contributed by atoms with Gasteiger partial charge in [0.05, 0.1) is 0 Å². The van der Waals surface area contributed by atoms with E-state index in [4.69, 9.17) is 5.73 Å². The lowest BCUT2D eigenvalue weighted by Gasteiger charge is -2.15. The molecular weight excluding hydrogens is 286 g/mol. The van der Waals surface area contributed by atoms with Crippen LogP contribution in [0.25, 0.3) is 0 Å². The lowest BCUT2D eigenvalue weighted by molar-refractivity contribution is 0.546. The number of rotatable bonds is 8. The van der Waals surface area contributed by atoms with Crippen LogP contribution in [0.2, 0.25) is 0 Å². The molecule has 102 valence electrons. The van der Waals surface area contributed by atoms with Crippen molar-refractivity contribution in [2.45, 2.75) is 64.8 Å². The predicted molar refractivity (Wildman–Crippen MR) is 83.8 cm³/mol. The van der Waals surface area contributed by atoms with Crippen LogP contribution in [0.5, 0.6) is 0 Å². The molecule has 0 spiro atoms. The molecule has 2 N–H and O–H groups in total. The Morgan fingerprint density at radius 2 is 1.78 bits per heavy atom. The molecule has 0 amide bonds. The summed E-state index contributed by atoms with van der Waals surface area (Å²) in [4.78, 5) is 0. The fourth-order valence-electron chi connectivity index (χ4n) is 2.26. The van der Waals surface area contributed by atoms with Crippen LogP contribution in [0.3, 0.4) is 0 Å². The van der Waals surface area contributed by atoms with Crippen LogP contribution >= 0.6 is 15.9 Å². The third-order valence-corrected chi connectivity index (χ3v) is 4.57. The standard InChI is InChI=1S/C16H26BrN/c1-3-4-5-6-7-8-12-15(18)14-11-9-10-13(2)16(14)17/h9-11,15H,3-8,12,18H2,1-2H3. The normalized spacial score (nSPS) is 12.7. The predicted octanol–water partition coefficient (Wildman–Crippen LogP) is 5.51. The summed E-state index contributed by atoms with van der Waals surface area (Å²) < 4.78 is 1.18. The quantitative estimate of drug-likeness (QED) is 0.629. The van der Waals surface area contributed by atoms with Crippen LogP contribution in [0.1, 0.15) is 69.0 Å². The van der Waals surface area contributed by atoms with Crippen molar-refractivity contribution in [3.63, 3.8) is 0 Å². The minimum atomic E-state index is 0.172. The number of unbranched alkanes of at least 4 members (excludes halogenated alkanes) is 5. The van der Waals surface area contributed by atoms with Gasteiger partial charge in [-0.3, -0.25) is 0 Å². The van der Waals surface area contributed by atoms with Crippen molar-refractivity contribution in [1.82, 2.24) is 0 Å². The number of aryl methyl sites for hydroxylation is 1. The minimum Gasteiger partial charge on any atom is -0.324 e. The van der Waals surface area contributed by atoms with Gasteiger partial charge in [0.15, 0.2) is 0 Å². The van der Waals surface area contributed by atoms with E-state index in [1.54, 1.807) is 0 Å². The second-order valence-electron chi connectivity index (χ2n) is 5.14. The van der Waals surface area contributed by atoms with Crippen molar-refractivity contribution in [3.8, 4) is 0 Å². The van der Waals surface area contributed by atoms with Crippen molar-refractivity contribution in [2.24, 2.45) is 5.73 Å². The first-order valence-corrected chi connectivity index (χ1v) is 7.96. The topological polar surface area (TPSA) is 26.0 Å². The van der Waals surface area contributed by atoms with Crippen molar-refractivity contribution < 1.29 is 0 Å². The number of nitrogens with two attached hydrogens (primary N) is 1. The summed E-state index contributed by atoms with van der Waals surface area (Å²) in [5.74, 6) is 0. The van der Waals surface area contributed by atoms with E-state index in [1.165, 1.54) is 54.1 Å². The monoisotopic (exact) mass is 311 g/mol. The first-order chi connectivity index (χ1) is 8.66. The molecule has 1 aromatic rings. The highest BCUT2D eigenvalue weighted by Crippen LogP contribution is 2.28. The van der Waals surface area contributed by atoms with E-state index < -0.39 is 0 Å². The van der Waals surface area contributed by atoms with Crippen LogP contribution in [0, 0.1) is 6.92 Å². The van der Waals surface area contributed by atoms with E-state index >= 15 is 0 Å². The molecule has 0 aliphatic rings. The van der Waals surface area contributed by atoms with Crippen LogP contribution in [-0.4, -0.2) is 0 Å². The van der Waals surface area contributed by atoms with Gasteiger partial charge in [0.25, 0.3) is 0 Å². The molecule has 0 aliphatic heterocycles. The zero-order chi connectivity index (χ0) is 13.4. The van der Waals surface area contributed by atoms with Crippen molar-refractivity contribution in [1.29, 1.82) is 0 Å². The van der Waals surface area contributed by atoms with Gasteiger partial charge in [-0.2, -0.15) is 0 Å². The molecule has 0 aliphatic carbocycles. The molecule has 1 atom stereocenters. The molecule has 18 heavy (non-hydrogen) atoms. The highest BCUT2D eigenvalue weighted by atomic mass is 79.9. The molecule has 0 radical (unpaired) electrons. The maximum atomic E-state index is 6.28. The van der Waals surface area contributed by atoms with Gasteiger partial charge in [0, 0.05) is 10.5 Å². The van der Waals surface area contributed by atoms with Gasteiger partial charge >= 0.3 is 0 Å². The highest BCUT2D eigenvalue weighted by molar-refractivity contribution is 9.10. The third-order valence-electron chi connectivity index (χ3n) is 3.49. The zero-order valence-electron chi connectivity index (χ0n) is 11.7. The zero-order valence-corrected chi connectivity index (χ0v) is 13.3. The summed E-state index contributed by atoms with van der Waals surface area (Å²) in [6, 6.07) is 6.52. The van der Waals surface area contributed by atoms with E-state index in [9.17, 15) is 0 Å². The first-order valence-electron chi connectivity index (χ1n) is 7.17. The Labute approximate surface area is 120 Å². The summed E-state index contributed by atoms with van der Waals surface area (Å²) in [5, 5.41) is 0. The number of hydrogen-bond donors (Lipinski definition) is 1. The Balaban J connectivity index is 2.32. The molecule has 0 saturated heterocycles. The molecule has 0 fully saturated rings. The Hall–Kier alpha value is -0.340. The second kappa shape index (κ2) is 8.71. The number of benzene rings is 1. The van der Waals surface area contributed by atoms with E-state index in [0.29, 0.717) is 0 Å². The molecular formula is C16H26BrN. The SMILES string of the molecule is CCCCCCCCC(N)c1cccc(C)c1Br. The number of hydrogen-bond acceptors (Lipinski definition) is 1. The van der Waals surface area contributed by atoms with E-state index in [1.807, 2.05) is 0 Å². The van der Waals surface area contributed by atoms with Gasteiger partial charge < -0.3 is 5.73 Å². The fourth-order valence-corrected chi connectivity index (χ4v) is 2.81. The lowest BCUT2D eigenvalue weighted by Crippen LogP contribution is -2.11. The van der Waals surface area contributed by atoms with Crippen LogP contribution in [0.4, 0.5) is 0 Å². The van der Waals surface area contributed by atoms with Crippen LogP contribution in [0.15, 0.2) is 22.7 Å². The van der Waals surface area contributed by atoms with Gasteiger partial charge in [0.1, 0.15) is 0 Å². The largest absolute Gasteiger partial charge is 0.324 e. The Bertz CT molecular complexity index is 349. The Morgan fingerprint density at radius 3 is 2.50 bits per heavy atom. The highest BCUT2D eigenvalue weighted by Gasteiger charge is 2.10. The Kier molecular flexibility index (Phi) is 7.60. The molecule has 0 aromatic heterocycles. The van der Waals surface area contributed by atoms with E-state index in [2.05, 4.69) is 48.0 Å². The fraction of sp³-hybridized carbons (Fsp3) is 0.625. The second-order valence-corrected chi connectivity index (χ2v) is 5.93. The molecule has 1 rings (SSSR count). The summed E-state index contributed by atoms with van der Waals surface area (Å²) in [7, 11) is 0. The average Bonchev–Trinajstić information content (AvgIpc) is 2.36. The third kappa shape index (κ3) is 5.11. The van der Waals surface area contributed by atoms with Gasteiger partial charge in [-0.15, -0.1) is 0 Å².